The Balaban J connectivity index is 2.19. The van der Waals surface area contributed by atoms with Crippen LogP contribution in [-0.2, 0) is 6.54 Å². The smallest absolute Gasteiger partial charge is 0.252 e. The lowest BCUT2D eigenvalue weighted by molar-refractivity contribution is 0.100. The molecular formula is C13H12ClN3OS. The second-order valence-electron chi connectivity index (χ2n) is 3.94. The summed E-state index contributed by atoms with van der Waals surface area (Å²) in [5.41, 5.74) is 7.20. The molecule has 98 valence electrons. The molecule has 6 heteroatoms. The van der Waals surface area contributed by atoms with Crippen LogP contribution < -0.4 is 11.1 Å². The van der Waals surface area contributed by atoms with Gasteiger partial charge in [0.1, 0.15) is 5.15 Å². The summed E-state index contributed by atoms with van der Waals surface area (Å²) in [4.78, 5) is 16.0. The zero-order valence-electron chi connectivity index (χ0n) is 9.93. The fourth-order valence-corrected chi connectivity index (χ4v) is 2.05. The fraction of sp³-hybridized carbons (Fsp3) is 0.0769. The van der Waals surface area contributed by atoms with Crippen molar-refractivity contribution in [2.75, 3.05) is 5.32 Å². The predicted octanol–water partition coefficient (Wildman–Crippen LogP) is 2.73. The summed E-state index contributed by atoms with van der Waals surface area (Å²) in [6.07, 6.45) is 1.36. The van der Waals surface area contributed by atoms with Gasteiger partial charge in [0.25, 0.3) is 5.91 Å². The minimum atomic E-state index is -0.547. The second-order valence-corrected chi connectivity index (χ2v) is 4.84. The molecule has 0 unspecified atom stereocenters. The predicted molar refractivity (Wildman–Crippen MR) is 78.8 cm³/mol. The molecule has 0 fully saturated rings. The third-order valence-corrected chi connectivity index (χ3v) is 3.01. The van der Waals surface area contributed by atoms with E-state index in [1.165, 1.54) is 6.20 Å². The summed E-state index contributed by atoms with van der Waals surface area (Å²) in [6, 6.07) is 9.27. The van der Waals surface area contributed by atoms with E-state index in [2.05, 4.69) is 22.9 Å². The van der Waals surface area contributed by atoms with Crippen molar-refractivity contribution in [2.24, 2.45) is 5.73 Å². The van der Waals surface area contributed by atoms with E-state index >= 15 is 0 Å². The van der Waals surface area contributed by atoms with Gasteiger partial charge in [-0.3, -0.25) is 4.79 Å². The van der Waals surface area contributed by atoms with Gasteiger partial charge in [0.05, 0.1) is 11.3 Å². The lowest BCUT2D eigenvalue weighted by Gasteiger charge is -2.10. The lowest BCUT2D eigenvalue weighted by Crippen LogP contribution is -2.15. The highest BCUT2D eigenvalue weighted by molar-refractivity contribution is 7.80. The first-order valence-electron chi connectivity index (χ1n) is 5.53. The van der Waals surface area contributed by atoms with E-state index in [0.717, 1.165) is 10.5 Å². The van der Waals surface area contributed by atoms with Crippen LogP contribution in [0.5, 0.6) is 0 Å². The maximum absolute atomic E-state index is 11.3. The molecule has 0 aliphatic carbocycles. The molecule has 2 aromatic rings. The summed E-state index contributed by atoms with van der Waals surface area (Å²) >= 11 is 10.1. The molecule has 0 aliphatic heterocycles. The van der Waals surface area contributed by atoms with Crippen molar-refractivity contribution < 1.29 is 4.79 Å². The first kappa shape index (κ1) is 13.7. The van der Waals surface area contributed by atoms with Crippen LogP contribution in [-0.4, -0.2) is 10.9 Å². The van der Waals surface area contributed by atoms with E-state index in [-0.39, 0.29) is 0 Å². The highest BCUT2D eigenvalue weighted by atomic mass is 35.5. The van der Waals surface area contributed by atoms with Crippen LogP contribution in [0.2, 0.25) is 5.15 Å². The molecule has 0 spiro atoms. The number of benzene rings is 1. The maximum atomic E-state index is 11.3. The number of amides is 1. The third kappa shape index (κ3) is 3.62. The minimum Gasteiger partial charge on any atom is -0.380 e. The summed E-state index contributed by atoms with van der Waals surface area (Å²) in [6.45, 7) is 0.537. The largest absolute Gasteiger partial charge is 0.380 e. The number of pyridine rings is 1. The van der Waals surface area contributed by atoms with Crippen LogP contribution in [0.1, 0.15) is 15.9 Å². The van der Waals surface area contributed by atoms with Crippen LogP contribution in [0.3, 0.4) is 0 Å². The number of nitrogens with one attached hydrogen (secondary N) is 1. The monoisotopic (exact) mass is 293 g/mol. The van der Waals surface area contributed by atoms with Gasteiger partial charge in [-0.05, 0) is 23.8 Å². The number of carbonyl (C=O) groups excluding carboxylic acids is 1. The van der Waals surface area contributed by atoms with Gasteiger partial charge in [0, 0.05) is 17.6 Å². The van der Waals surface area contributed by atoms with E-state index < -0.39 is 5.91 Å². The summed E-state index contributed by atoms with van der Waals surface area (Å²) in [5.74, 6) is -0.547. The van der Waals surface area contributed by atoms with Crippen molar-refractivity contribution in [1.29, 1.82) is 0 Å². The molecule has 3 N–H and O–H groups in total. The van der Waals surface area contributed by atoms with Gasteiger partial charge >= 0.3 is 0 Å². The molecule has 4 nitrogen and oxygen atoms in total. The van der Waals surface area contributed by atoms with E-state index in [1.54, 1.807) is 6.07 Å². The quantitative estimate of drug-likeness (QED) is 0.600. The molecule has 0 atom stereocenters. The number of primary amides is 1. The number of hydrogen-bond donors (Lipinski definition) is 3. The molecular weight excluding hydrogens is 282 g/mol. The molecule has 0 aliphatic rings. The van der Waals surface area contributed by atoms with Crippen molar-refractivity contribution in [1.82, 2.24) is 4.98 Å². The lowest BCUT2D eigenvalue weighted by atomic mass is 10.2. The third-order valence-electron chi connectivity index (χ3n) is 2.53. The Bertz CT molecular complexity index is 619. The van der Waals surface area contributed by atoms with E-state index in [9.17, 15) is 4.79 Å². The van der Waals surface area contributed by atoms with Crippen molar-refractivity contribution in [3.63, 3.8) is 0 Å². The number of nitrogens with two attached hydrogens (primary N) is 1. The van der Waals surface area contributed by atoms with Gasteiger partial charge in [-0.15, -0.1) is 12.6 Å². The van der Waals surface area contributed by atoms with E-state index in [4.69, 9.17) is 17.3 Å². The van der Waals surface area contributed by atoms with E-state index in [0.29, 0.717) is 22.9 Å². The SMILES string of the molecule is NC(=O)c1cnc(Cl)cc1NCc1cccc(S)c1. The first-order valence-corrected chi connectivity index (χ1v) is 6.36. The summed E-state index contributed by atoms with van der Waals surface area (Å²) in [5, 5.41) is 3.42. The number of anilines is 1. The molecule has 0 saturated heterocycles. The molecule has 19 heavy (non-hydrogen) atoms. The Morgan fingerprint density at radius 1 is 1.42 bits per heavy atom. The van der Waals surface area contributed by atoms with Gasteiger partial charge in [-0.2, -0.15) is 0 Å². The topological polar surface area (TPSA) is 68.0 Å². The Labute approximate surface area is 121 Å². The Morgan fingerprint density at radius 3 is 2.89 bits per heavy atom. The van der Waals surface area contributed by atoms with Crippen LogP contribution in [0.25, 0.3) is 0 Å². The summed E-state index contributed by atoms with van der Waals surface area (Å²) < 4.78 is 0. The number of nitrogens with zero attached hydrogens (tertiary/aromatic N) is 1. The number of hydrogen-bond acceptors (Lipinski definition) is 4. The van der Waals surface area contributed by atoms with Crippen LogP contribution in [0.4, 0.5) is 5.69 Å². The van der Waals surface area contributed by atoms with Crippen LogP contribution in [0.15, 0.2) is 41.4 Å². The Hall–Kier alpha value is -1.72. The van der Waals surface area contributed by atoms with Gasteiger partial charge in [0.2, 0.25) is 0 Å². The van der Waals surface area contributed by atoms with Gasteiger partial charge < -0.3 is 11.1 Å². The van der Waals surface area contributed by atoms with Crippen LogP contribution in [0, 0.1) is 0 Å². The maximum Gasteiger partial charge on any atom is 0.252 e. The van der Waals surface area contributed by atoms with Crippen LogP contribution >= 0.6 is 24.2 Å². The number of carbonyl (C=O) groups is 1. The van der Waals surface area contributed by atoms with Gasteiger partial charge in [-0.25, -0.2) is 4.98 Å². The minimum absolute atomic E-state index is 0.301. The standard InChI is InChI=1S/C13H12ClN3OS/c14-12-5-11(10(7-17-12)13(15)18)16-6-8-2-1-3-9(19)4-8/h1-5,7,19H,6H2,(H2,15,18)(H,16,17). The molecule has 1 heterocycles. The highest BCUT2D eigenvalue weighted by Gasteiger charge is 2.09. The highest BCUT2D eigenvalue weighted by Crippen LogP contribution is 2.19. The Kier molecular flexibility index (Phi) is 4.29. The number of halogens is 1. The van der Waals surface area contributed by atoms with E-state index in [1.807, 2.05) is 24.3 Å². The van der Waals surface area contributed by atoms with Crippen molar-refractivity contribution in [3.8, 4) is 0 Å². The normalized spacial score (nSPS) is 10.2. The van der Waals surface area contributed by atoms with Crippen molar-refractivity contribution in [3.05, 3.63) is 52.8 Å². The van der Waals surface area contributed by atoms with Gasteiger partial charge in [-0.1, -0.05) is 23.7 Å². The second kappa shape index (κ2) is 5.95. The van der Waals surface area contributed by atoms with Gasteiger partial charge in [0.15, 0.2) is 0 Å². The fourth-order valence-electron chi connectivity index (χ4n) is 1.64. The number of aromatic nitrogens is 1. The first-order chi connectivity index (χ1) is 9.06. The zero-order chi connectivity index (χ0) is 13.8. The molecule has 2 rings (SSSR count). The molecule has 0 radical (unpaired) electrons. The number of rotatable bonds is 4. The number of thiol groups is 1. The molecule has 0 saturated carbocycles. The zero-order valence-corrected chi connectivity index (χ0v) is 11.6. The van der Waals surface area contributed by atoms with Crippen molar-refractivity contribution in [2.45, 2.75) is 11.4 Å². The Morgan fingerprint density at radius 2 is 2.21 bits per heavy atom. The molecule has 0 bridgehead atoms. The average Bonchev–Trinajstić information content (AvgIpc) is 2.36. The molecule has 1 aromatic carbocycles. The molecule has 1 aromatic heterocycles. The average molecular weight is 294 g/mol. The molecule has 1 amide bonds. The van der Waals surface area contributed by atoms with Crippen molar-refractivity contribution >= 4 is 35.8 Å². The summed E-state index contributed by atoms with van der Waals surface area (Å²) in [7, 11) is 0.